The van der Waals surface area contributed by atoms with Crippen LogP contribution >= 0.6 is 0 Å². The highest BCUT2D eigenvalue weighted by molar-refractivity contribution is 5.86. The standard InChI is InChI=1S/C22H18F2N2O/c1-14(27)11-15-3-2-4-20(24)22(15)16-5-10-21-17(12-16)13-25-26(21)19-8-6-18(23)7-9-19/h2-10,12-14,27H,11H2,1H3. The fourth-order valence-electron chi connectivity index (χ4n) is 3.36. The van der Waals surface area contributed by atoms with E-state index in [9.17, 15) is 13.9 Å². The molecule has 3 aromatic carbocycles. The first-order valence-corrected chi connectivity index (χ1v) is 8.72. The molecule has 4 aromatic rings. The Balaban J connectivity index is 1.81. The van der Waals surface area contributed by atoms with Crippen molar-refractivity contribution in [1.82, 2.24) is 9.78 Å². The molecule has 1 aromatic heterocycles. The third kappa shape index (κ3) is 3.34. The Hall–Kier alpha value is -3.05. The smallest absolute Gasteiger partial charge is 0.131 e. The van der Waals surface area contributed by atoms with Crippen LogP contribution in [0.15, 0.2) is 66.9 Å². The van der Waals surface area contributed by atoms with Crippen LogP contribution in [0.2, 0.25) is 0 Å². The lowest BCUT2D eigenvalue weighted by molar-refractivity contribution is 0.195. The van der Waals surface area contributed by atoms with E-state index in [-0.39, 0.29) is 11.6 Å². The summed E-state index contributed by atoms with van der Waals surface area (Å²) in [5, 5.41) is 15.0. The van der Waals surface area contributed by atoms with Crippen molar-refractivity contribution in [2.45, 2.75) is 19.4 Å². The molecule has 1 heterocycles. The zero-order valence-electron chi connectivity index (χ0n) is 14.7. The Morgan fingerprint density at radius 1 is 1.04 bits per heavy atom. The largest absolute Gasteiger partial charge is 0.393 e. The van der Waals surface area contributed by atoms with Crippen molar-refractivity contribution in [3.8, 4) is 16.8 Å². The molecule has 0 amide bonds. The number of fused-ring (bicyclic) bond motifs is 1. The fraction of sp³-hybridized carbons (Fsp3) is 0.136. The average Bonchev–Trinajstić information content (AvgIpc) is 3.05. The van der Waals surface area contributed by atoms with Gasteiger partial charge in [-0.3, -0.25) is 0 Å². The zero-order valence-corrected chi connectivity index (χ0v) is 14.7. The van der Waals surface area contributed by atoms with Crippen molar-refractivity contribution in [2.24, 2.45) is 0 Å². The van der Waals surface area contributed by atoms with Gasteiger partial charge in [-0.1, -0.05) is 18.2 Å². The monoisotopic (exact) mass is 364 g/mol. The van der Waals surface area contributed by atoms with Crippen molar-refractivity contribution < 1.29 is 13.9 Å². The Kier molecular flexibility index (Phi) is 4.46. The van der Waals surface area contributed by atoms with Gasteiger partial charge >= 0.3 is 0 Å². The second-order valence-electron chi connectivity index (χ2n) is 6.63. The highest BCUT2D eigenvalue weighted by Crippen LogP contribution is 2.31. The SMILES string of the molecule is CC(O)Cc1cccc(F)c1-c1ccc2c(cnn2-c2ccc(F)cc2)c1. The number of hydrogen-bond donors (Lipinski definition) is 1. The molecule has 1 N–H and O–H groups in total. The number of rotatable bonds is 4. The second-order valence-corrected chi connectivity index (χ2v) is 6.63. The molecule has 0 fully saturated rings. The van der Waals surface area contributed by atoms with Gasteiger partial charge in [0, 0.05) is 10.9 Å². The molecule has 1 unspecified atom stereocenters. The van der Waals surface area contributed by atoms with E-state index in [0.29, 0.717) is 12.0 Å². The third-order valence-corrected chi connectivity index (χ3v) is 4.54. The third-order valence-electron chi connectivity index (χ3n) is 4.54. The minimum absolute atomic E-state index is 0.303. The maximum absolute atomic E-state index is 14.6. The normalized spacial score (nSPS) is 12.4. The summed E-state index contributed by atoms with van der Waals surface area (Å²) in [5.41, 5.74) is 3.58. The van der Waals surface area contributed by atoms with E-state index in [1.807, 2.05) is 24.3 Å². The van der Waals surface area contributed by atoms with Crippen LogP contribution in [0, 0.1) is 11.6 Å². The minimum atomic E-state index is -0.560. The van der Waals surface area contributed by atoms with E-state index < -0.39 is 6.10 Å². The lowest BCUT2D eigenvalue weighted by atomic mass is 9.95. The number of halogens is 2. The highest BCUT2D eigenvalue weighted by Gasteiger charge is 2.14. The molecule has 3 nitrogen and oxygen atoms in total. The molecule has 0 saturated carbocycles. The summed E-state index contributed by atoms with van der Waals surface area (Å²) in [6.45, 7) is 1.69. The van der Waals surface area contributed by atoms with Crippen molar-refractivity contribution in [3.05, 3.63) is 84.1 Å². The van der Waals surface area contributed by atoms with Gasteiger partial charge in [0.2, 0.25) is 0 Å². The topological polar surface area (TPSA) is 38.1 Å². The van der Waals surface area contributed by atoms with Crippen molar-refractivity contribution in [3.63, 3.8) is 0 Å². The van der Waals surface area contributed by atoms with Crippen LogP contribution < -0.4 is 0 Å². The van der Waals surface area contributed by atoms with Gasteiger partial charge in [0.15, 0.2) is 0 Å². The summed E-state index contributed by atoms with van der Waals surface area (Å²) >= 11 is 0. The van der Waals surface area contributed by atoms with Crippen LogP contribution in [0.3, 0.4) is 0 Å². The van der Waals surface area contributed by atoms with E-state index in [1.165, 1.54) is 18.2 Å². The molecule has 0 aliphatic heterocycles. The van der Waals surface area contributed by atoms with E-state index in [2.05, 4.69) is 5.10 Å². The molecule has 0 spiro atoms. The molecule has 0 saturated heterocycles. The van der Waals surface area contributed by atoms with Crippen LogP contribution in [0.1, 0.15) is 12.5 Å². The number of hydrogen-bond acceptors (Lipinski definition) is 2. The highest BCUT2D eigenvalue weighted by atomic mass is 19.1. The predicted molar refractivity (Wildman–Crippen MR) is 102 cm³/mol. The van der Waals surface area contributed by atoms with Crippen molar-refractivity contribution >= 4 is 10.9 Å². The van der Waals surface area contributed by atoms with E-state index in [0.717, 1.165) is 27.7 Å². The molecule has 4 rings (SSSR count). The molecular formula is C22H18F2N2O. The van der Waals surface area contributed by atoms with Gasteiger partial charge in [0.25, 0.3) is 0 Å². The van der Waals surface area contributed by atoms with Gasteiger partial charge in [-0.2, -0.15) is 5.10 Å². The number of benzene rings is 3. The Morgan fingerprint density at radius 2 is 1.81 bits per heavy atom. The zero-order chi connectivity index (χ0) is 19.0. The summed E-state index contributed by atoms with van der Waals surface area (Å²) in [6.07, 6.45) is 1.52. The Morgan fingerprint density at radius 3 is 2.56 bits per heavy atom. The molecule has 0 bridgehead atoms. The summed E-state index contributed by atoms with van der Waals surface area (Å²) < 4.78 is 29.4. The molecule has 0 radical (unpaired) electrons. The maximum Gasteiger partial charge on any atom is 0.131 e. The van der Waals surface area contributed by atoms with E-state index in [4.69, 9.17) is 0 Å². The number of aliphatic hydroxyl groups is 1. The van der Waals surface area contributed by atoms with Gasteiger partial charge < -0.3 is 5.11 Å². The first kappa shape index (κ1) is 17.4. The summed E-state index contributed by atoms with van der Waals surface area (Å²) in [5.74, 6) is -0.624. The van der Waals surface area contributed by atoms with Crippen LogP contribution in [0.25, 0.3) is 27.7 Å². The molecule has 136 valence electrons. The predicted octanol–water partition coefficient (Wildman–Crippen LogP) is 4.89. The number of aromatic nitrogens is 2. The lowest BCUT2D eigenvalue weighted by Gasteiger charge is -2.13. The first-order chi connectivity index (χ1) is 13.0. The Labute approximate surface area is 155 Å². The molecule has 1 atom stereocenters. The van der Waals surface area contributed by atoms with E-state index >= 15 is 0 Å². The van der Waals surface area contributed by atoms with Crippen LogP contribution in [0.5, 0.6) is 0 Å². The van der Waals surface area contributed by atoms with Crippen molar-refractivity contribution in [1.29, 1.82) is 0 Å². The maximum atomic E-state index is 14.6. The molecule has 27 heavy (non-hydrogen) atoms. The van der Waals surface area contributed by atoms with E-state index in [1.54, 1.807) is 36.0 Å². The number of nitrogens with zero attached hydrogens (tertiary/aromatic N) is 2. The summed E-state index contributed by atoms with van der Waals surface area (Å²) in [7, 11) is 0. The van der Waals surface area contributed by atoms with Gasteiger partial charge in [0.1, 0.15) is 11.6 Å². The van der Waals surface area contributed by atoms with Crippen LogP contribution in [-0.2, 0) is 6.42 Å². The molecule has 5 heteroatoms. The van der Waals surface area contributed by atoms with Crippen LogP contribution in [0.4, 0.5) is 8.78 Å². The van der Waals surface area contributed by atoms with Crippen molar-refractivity contribution in [2.75, 3.05) is 0 Å². The molecule has 0 aliphatic rings. The van der Waals surface area contributed by atoms with Gasteiger partial charge in [-0.15, -0.1) is 0 Å². The van der Waals surface area contributed by atoms with Crippen LogP contribution in [-0.4, -0.2) is 21.0 Å². The summed E-state index contributed by atoms with van der Waals surface area (Å²) in [6, 6.07) is 16.6. The molecule has 0 aliphatic carbocycles. The lowest BCUT2D eigenvalue weighted by Crippen LogP contribution is -2.06. The van der Waals surface area contributed by atoms with Gasteiger partial charge in [-0.05, 0) is 66.9 Å². The van der Waals surface area contributed by atoms with Gasteiger partial charge in [0.05, 0.1) is 23.5 Å². The fourth-order valence-corrected chi connectivity index (χ4v) is 3.36. The number of aliphatic hydroxyl groups excluding tert-OH is 1. The van der Waals surface area contributed by atoms with Gasteiger partial charge in [-0.25, -0.2) is 13.5 Å². The average molecular weight is 364 g/mol. The minimum Gasteiger partial charge on any atom is -0.393 e. The second kappa shape index (κ2) is 6.93. The Bertz CT molecular complexity index is 1100. The quantitative estimate of drug-likeness (QED) is 0.560. The summed E-state index contributed by atoms with van der Waals surface area (Å²) in [4.78, 5) is 0. The first-order valence-electron chi connectivity index (χ1n) is 8.72. The molecular weight excluding hydrogens is 346 g/mol.